The number of hydrogen-bond acceptors (Lipinski definition) is 0. The van der Waals surface area contributed by atoms with E-state index in [2.05, 4.69) is 119 Å². The van der Waals surface area contributed by atoms with Crippen LogP contribution in [0.2, 0.25) is 0 Å². The zero-order valence-electron chi connectivity index (χ0n) is 13.7. The molecular weight excluding hydrogens is 625 g/mol. The van der Waals surface area contributed by atoms with Crippen molar-refractivity contribution in [3.8, 4) is 0 Å². The van der Waals surface area contributed by atoms with E-state index in [0.717, 1.165) is 22.3 Å². The van der Waals surface area contributed by atoms with Gasteiger partial charge in [0.25, 0.3) is 0 Å². The molecule has 0 saturated carbocycles. The minimum atomic E-state index is 0.669. The standard InChI is InChI=1S/C18H17I3N2/c1-8-6-13(19)7-9(2)14(8)18(23-22)15-10(3)16(20)12(5)17(21)11(15)4/h6-7H,1-5H3. The van der Waals surface area contributed by atoms with Gasteiger partial charge < -0.3 is 5.53 Å². The molecule has 0 heterocycles. The lowest BCUT2D eigenvalue weighted by Gasteiger charge is -2.16. The molecule has 0 N–H and O–H groups in total. The first-order valence-corrected chi connectivity index (χ1v) is 10.4. The molecule has 0 saturated heterocycles. The van der Waals surface area contributed by atoms with Crippen molar-refractivity contribution in [2.24, 2.45) is 0 Å². The maximum atomic E-state index is 9.83. The molecule has 23 heavy (non-hydrogen) atoms. The Morgan fingerprint density at radius 3 is 1.61 bits per heavy atom. The predicted molar refractivity (Wildman–Crippen MR) is 122 cm³/mol. The van der Waals surface area contributed by atoms with Crippen molar-refractivity contribution in [2.75, 3.05) is 0 Å². The summed E-state index contributed by atoms with van der Waals surface area (Å²) in [6, 6.07) is 4.26. The number of benzene rings is 2. The molecular formula is C18H17I3N2. The summed E-state index contributed by atoms with van der Waals surface area (Å²) in [6.45, 7) is 10.5. The van der Waals surface area contributed by atoms with Gasteiger partial charge in [-0.2, -0.15) is 4.79 Å². The van der Waals surface area contributed by atoms with Gasteiger partial charge in [0.2, 0.25) is 0 Å². The smallest absolute Gasteiger partial charge is 0.330 e. The van der Waals surface area contributed by atoms with Gasteiger partial charge in [0.1, 0.15) is 0 Å². The fourth-order valence-electron chi connectivity index (χ4n) is 3.02. The number of aryl methyl sites for hydroxylation is 2. The fourth-order valence-corrected chi connectivity index (χ4v) is 5.55. The summed E-state index contributed by atoms with van der Waals surface area (Å²) in [4.78, 5) is 3.72. The SMILES string of the molecule is Cc1cc(I)cc(C)c1C(=[N+]=[N-])c1c(C)c(I)c(C)c(I)c1C. The maximum Gasteiger partial charge on any atom is 0.330 e. The van der Waals surface area contributed by atoms with Crippen LogP contribution in [0.15, 0.2) is 12.1 Å². The molecule has 0 amide bonds. The molecule has 0 radical (unpaired) electrons. The predicted octanol–water partition coefficient (Wildman–Crippen LogP) is 6.11. The Morgan fingerprint density at radius 2 is 1.22 bits per heavy atom. The van der Waals surface area contributed by atoms with Gasteiger partial charge in [0.05, 0.1) is 11.1 Å². The van der Waals surface area contributed by atoms with Crippen molar-refractivity contribution in [2.45, 2.75) is 34.6 Å². The third-order valence-corrected chi connectivity index (χ3v) is 8.00. The average molecular weight is 642 g/mol. The zero-order chi connectivity index (χ0) is 17.5. The summed E-state index contributed by atoms with van der Waals surface area (Å²) in [5, 5.41) is 0. The topological polar surface area (TPSA) is 36.4 Å². The highest BCUT2D eigenvalue weighted by Crippen LogP contribution is 2.32. The molecule has 2 rings (SSSR count). The van der Waals surface area contributed by atoms with E-state index in [9.17, 15) is 5.53 Å². The van der Waals surface area contributed by atoms with Crippen molar-refractivity contribution in [1.29, 1.82) is 0 Å². The summed E-state index contributed by atoms with van der Waals surface area (Å²) in [6.07, 6.45) is 0. The van der Waals surface area contributed by atoms with E-state index in [4.69, 9.17) is 0 Å². The van der Waals surface area contributed by atoms with Crippen LogP contribution in [0.1, 0.15) is 38.9 Å². The van der Waals surface area contributed by atoms with Crippen LogP contribution in [0.3, 0.4) is 0 Å². The lowest BCUT2D eigenvalue weighted by Crippen LogP contribution is -2.15. The van der Waals surface area contributed by atoms with Crippen molar-refractivity contribution < 1.29 is 4.79 Å². The monoisotopic (exact) mass is 642 g/mol. The minimum absolute atomic E-state index is 0.669. The van der Waals surface area contributed by atoms with Gasteiger partial charge >= 0.3 is 5.71 Å². The molecule has 2 nitrogen and oxygen atoms in total. The second-order valence-corrected chi connectivity index (χ2v) is 9.14. The van der Waals surface area contributed by atoms with Crippen LogP contribution in [0, 0.1) is 45.3 Å². The third-order valence-electron chi connectivity index (χ3n) is 4.14. The Kier molecular flexibility index (Phi) is 6.30. The van der Waals surface area contributed by atoms with E-state index in [0.29, 0.717) is 5.71 Å². The van der Waals surface area contributed by atoms with E-state index < -0.39 is 0 Å². The molecule has 5 heteroatoms. The quantitative estimate of drug-likeness (QED) is 0.164. The first-order chi connectivity index (χ1) is 10.7. The van der Waals surface area contributed by atoms with Gasteiger partial charge in [-0.3, -0.25) is 0 Å². The molecule has 0 fully saturated rings. The highest BCUT2D eigenvalue weighted by atomic mass is 127. The summed E-state index contributed by atoms with van der Waals surface area (Å²) in [5.41, 5.74) is 18.5. The molecule has 0 aliphatic rings. The molecule has 120 valence electrons. The van der Waals surface area contributed by atoms with Crippen molar-refractivity contribution in [3.63, 3.8) is 0 Å². The van der Waals surface area contributed by atoms with Gasteiger partial charge in [0, 0.05) is 10.7 Å². The molecule has 0 unspecified atom stereocenters. The largest absolute Gasteiger partial charge is 0.361 e. The van der Waals surface area contributed by atoms with E-state index in [-0.39, 0.29) is 0 Å². The highest BCUT2D eigenvalue weighted by molar-refractivity contribution is 14.1. The van der Waals surface area contributed by atoms with Gasteiger partial charge in [-0.05, 0) is 142 Å². The molecule has 0 aliphatic carbocycles. The Hall–Kier alpha value is 0.01000. The third kappa shape index (κ3) is 3.52. The molecule has 2 aromatic carbocycles. The number of halogens is 3. The summed E-state index contributed by atoms with van der Waals surface area (Å²) in [5.74, 6) is 0. The lowest BCUT2D eigenvalue weighted by molar-refractivity contribution is -0.00296. The van der Waals surface area contributed by atoms with Gasteiger partial charge in [-0.1, -0.05) is 0 Å². The van der Waals surface area contributed by atoms with Crippen molar-refractivity contribution >= 4 is 73.5 Å². The van der Waals surface area contributed by atoms with Gasteiger partial charge in [0.15, 0.2) is 0 Å². The van der Waals surface area contributed by atoms with Crippen molar-refractivity contribution in [3.05, 3.63) is 67.3 Å². The van der Waals surface area contributed by atoms with Crippen LogP contribution in [-0.2, 0) is 0 Å². The molecule has 0 aromatic heterocycles. The van der Waals surface area contributed by atoms with Crippen LogP contribution in [0.4, 0.5) is 0 Å². The summed E-state index contributed by atoms with van der Waals surface area (Å²) in [7, 11) is 0. The zero-order valence-corrected chi connectivity index (χ0v) is 20.2. The molecule has 0 aliphatic heterocycles. The first kappa shape index (κ1) is 19.3. The Labute approximate surface area is 178 Å². The second kappa shape index (κ2) is 7.49. The van der Waals surface area contributed by atoms with Crippen LogP contribution >= 0.6 is 67.8 Å². The summed E-state index contributed by atoms with van der Waals surface area (Å²) < 4.78 is 3.66. The molecule has 0 atom stereocenters. The van der Waals surface area contributed by atoms with Crippen LogP contribution in [-0.4, -0.2) is 10.5 Å². The first-order valence-electron chi connectivity index (χ1n) is 7.15. The Bertz CT molecular complexity index is 811. The maximum absolute atomic E-state index is 9.83. The van der Waals surface area contributed by atoms with E-state index >= 15 is 0 Å². The van der Waals surface area contributed by atoms with E-state index in [1.54, 1.807) is 0 Å². The average Bonchev–Trinajstić information content (AvgIpc) is 2.48. The van der Waals surface area contributed by atoms with Crippen LogP contribution < -0.4 is 0 Å². The van der Waals surface area contributed by atoms with Crippen molar-refractivity contribution in [1.82, 2.24) is 0 Å². The summed E-state index contributed by atoms with van der Waals surface area (Å²) >= 11 is 7.09. The molecule has 0 spiro atoms. The normalized spacial score (nSPS) is 10.6. The molecule has 2 aromatic rings. The molecule has 0 bridgehead atoms. The van der Waals surface area contributed by atoms with Gasteiger partial charge in [-0.15, -0.1) is 0 Å². The second-order valence-electron chi connectivity index (χ2n) is 5.74. The number of rotatable bonds is 2. The highest BCUT2D eigenvalue weighted by Gasteiger charge is 2.27. The fraction of sp³-hybridized carbons (Fsp3) is 0.278. The Balaban J connectivity index is 2.88. The van der Waals surface area contributed by atoms with E-state index in [1.165, 1.54) is 27.4 Å². The lowest BCUT2D eigenvalue weighted by atomic mass is 9.88. The Morgan fingerprint density at radius 1 is 0.783 bits per heavy atom. The number of hydrogen-bond donors (Lipinski definition) is 0. The minimum Gasteiger partial charge on any atom is -0.361 e. The van der Waals surface area contributed by atoms with Crippen LogP contribution in [0.25, 0.3) is 5.53 Å². The number of nitrogens with zero attached hydrogens (tertiary/aromatic N) is 2. The van der Waals surface area contributed by atoms with Crippen LogP contribution in [0.5, 0.6) is 0 Å². The van der Waals surface area contributed by atoms with Gasteiger partial charge in [-0.25, -0.2) is 0 Å². The van der Waals surface area contributed by atoms with E-state index in [1.807, 2.05) is 0 Å².